The summed E-state index contributed by atoms with van der Waals surface area (Å²) in [7, 11) is 0. The highest BCUT2D eigenvalue weighted by atomic mass is 35.5. The van der Waals surface area contributed by atoms with Gasteiger partial charge in [-0.1, -0.05) is 41.6 Å². The Kier molecular flexibility index (Phi) is 5.35. The van der Waals surface area contributed by atoms with Crippen LogP contribution in [0.2, 0.25) is 5.02 Å². The van der Waals surface area contributed by atoms with Crippen LogP contribution in [-0.4, -0.2) is 33.2 Å². The number of hydrogen-bond donors (Lipinski definition) is 0. The molecule has 0 saturated carbocycles. The zero-order chi connectivity index (χ0) is 17.8. The number of benzene rings is 2. The van der Waals surface area contributed by atoms with Gasteiger partial charge in [-0.05, 0) is 24.6 Å². The molecule has 6 nitrogen and oxygen atoms in total. The molecule has 0 radical (unpaired) electrons. The predicted octanol–water partition coefficient (Wildman–Crippen LogP) is 4.52. The zero-order valence-electron chi connectivity index (χ0n) is 13.1. The SMILES string of the molecule is O=C(c1cccc([N+](=O)[O-])c1)N1CCCSC1=Nc1ccccc1Cl. The van der Waals surface area contributed by atoms with Crippen molar-refractivity contribution in [2.24, 2.45) is 4.99 Å². The molecule has 1 saturated heterocycles. The maximum absolute atomic E-state index is 12.8. The van der Waals surface area contributed by atoms with E-state index in [9.17, 15) is 14.9 Å². The van der Waals surface area contributed by atoms with E-state index in [0.29, 0.717) is 22.4 Å². The van der Waals surface area contributed by atoms with E-state index in [-0.39, 0.29) is 17.2 Å². The highest BCUT2D eigenvalue weighted by molar-refractivity contribution is 8.13. The lowest BCUT2D eigenvalue weighted by Crippen LogP contribution is -2.39. The molecular formula is C17H14ClN3O3S. The second kappa shape index (κ2) is 7.67. The van der Waals surface area contributed by atoms with Crippen LogP contribution in [0.15, 0.2) is 53.5 Å². The third-order valence-electron chi connectivity index (χ3n) is 3.61. The van der Waals surface area contributed by atoms with Crippen molar-refractivity contribution in [3.05, 3.63) is 69.2 Å². The molecule has 25 heavy (non-hydrogen) atoms. The van der Waals surface area contributed by atoms with Gasteiger partial charge in [0.25, 0.3) is 11.6 Å². The van der Waals surface area contributed by atoms with Gasteiger partial charge in [0.15, 0.2) is 5.17 Å². The van der Waals surface area contributed by atoms with E-state index >= 15 is 0 Å². The van der Waals surface area contributed by atoms with Gasteiger partial charge in [-0.3, -0.25) is 19.8 Å². The molecule has 1 aliphatic heterocycles. The number of thioether (sulfide) groups is 1. The van der Waals surface area contributed by atoms with Crippen molar-refractivity contribution in [1.29, 1.82) is 0 Å². The quantitative estimate of drug-likeness (QED) is 0.584. The molecule has 8 heteroatoms. The molecule has 1 aliphatic rings. The predicted molar refractivity (Wildman–Crippen MR) is 99.8 cm³/mol. The lowest BCUT2D eigenvalue weighted by atomic mass is 10.1. The van der Waals surface area contributed by atoms with Gasteiger partial charge < -0.3 is 0 Å². The number of aliphatic imine (C=N–C) groups is 1. The van der Waals surface area contributed by atoms with Crippen LogP contribution in [0.3, 0.4) is 0 Å². The van der Waals surface area contributed by atoms with E-state index in [1.807, 2.05) is 12.1 Å². The van der Waals surface area contributed by atoms with Crippen LogP contribution in [0.25, 0.3) is 0 Å². The Labute approximate surface area is 153 Å². The van der Waals surface area contributed by atoms with E-state index in [2.05, 4.69) is 4.99 Å². The number of para-hydroxylation sites is 1. The number of rotatable bonds is 3. The Morgan fingerprint density at radius 2 is 2.04 bits per heavy atom. The first-order chi connectivity index (χ1) is 12.1. The summed E-state index contributed by atoms with van der Waals surface area (Å²) in [5.74, 6) is 0.545. The van der Waals surface area contributed by atoms with Crippen LogP contribution >= 0.6 is 23.4 Å². The van der Waals surface area contributed by atoms with Crippen LogP contribution in [0.4, 0.5) is 11.4 Å². The average molecular weight is 376 g/mol. The highest BCUT2D eigenvalue weighted by Gasteiger charge is 2.26. The molecule has 0 aliphatic carbocycles. The lowest BCUT2D eigenvalue weighted by Gasteiger charge is -2.27. The van der Waals surface area contributed by atoms with Crippen LogP contribution < -0.4 is 0 Å². The third-order valence-corrected chi connectivity index (χ3v) is 4.99. The number of nitro groups is 1. The molecule has 2 aromatic carbocycles. The third kappa shape index (κ3) is 4.00. The Balaban J connectivity index is 1.93. The maximum atomic E-state index is 12.8. The lowest BCUT2D eigenvalue weighted by molar-refractivity contribution is -0.384. The van der Waals surface area contributed by atoms with Gasteiger partial charge >= 0.3 is 0 Å². The summed E-state index contributed by atoms with van der Waals surface area (Å²) in [6.45, 7) is 0.512. The number of hydrogen-bond acceptors (Lipinski definition) is 5. The number of nitro benzene ring substituents is 1. The highest BCUT2D eigenvalue weighted by Crippen LogP contribution is 2.29. The minimum absolute atomic E-state index is 0.111. The molecular weight excluding hydrogens is 362 g/mol. The van der Waals surface area contributed by atoms with Crippen LogP contribution in [0.1, 0.15) is 16.8 Å². The molecule has 0 bridgehead atoms. The molecule has 0 unspecified atom stereocenters. The number of amides is 1. The van der Waals surface area contributed by atoms with Gasteiger partial charge in [0, 0.05) is 30.0 Å². The van der Waals surface area contributed by atoms with Crippen molar-refractivity contribution >= 4 is 45.8 Å². The van der Waals surface area contributed by atoms with Crippen LogP contribution in [-0.2, 0) is 0 Å². The summed E-state index contributed by atoms with van der Waals surface area (Å²) in [5, 5.41) is 12.0. The summed E-state index contributed by atoms with van der Waals surface area (Å²) in [5.41, 5.74) is 0.745. The molecule has 1 heterocycles. The number of amidine groups is 1. The number of carbonyl (C=O) groups excluding carboxylic acids is 1. The zero-order valence-corrected chi connectivity index (χ0v) is 14.7. The number of halogens is 1. The van der Waals surface area contributed by atoms with E-state index in [1.165, 1.54) is 30.0 Å². The largest absolute Gasteiger partial charge is 0.287 e. The summed E-state index contributed by atoms with van der Waals surface area (Å²) < 4.78 is 0. The van der Waals surface area contributed by atoms with E-state index < -0.39 is 4.92 Å². The second-order valence-corrected chi connectivity index (χ2v) is 6.78. The van der Waals surface area contributed by atoms with Crippen LogP contribution in [0, 0.1) is 10.1 Å². The molecule has 1 fully saturated rings. The Hall–Kier alpha value is -2.38. The van der Waals surface area contributed by atoms with Gasteiger partial charge in [0.1, 0.15) is 0 Å². The maximum Gasteiger partial charge on any atom is 0.270 e. The first-order valence-corrected chi connectivity index (χ1v) is 8.95. The summed E-state index contributed by atoms with van der Waals surface area (Å²) in [4.78, 5) is 29.3. The molecule has 1 amide bonds. The minimum Gasteiger partial charge on any atom is -0.287 e. The van der Waals surface area contributed by atoms with Crippen molar-refractivity contribution in [1.82, 2.24) is 4.90 Å². The van der Waals surface area contributed by atoms with Crippen molar-refractivity contribution < 1.29 is 9.72 Å². The summed E-state index contributed by atoms with van der Waals surface area (Å²) in [6, 6.07) is 12.9. The van der Waals surface area contributed by atoms with Gasteiger partial charge in [-0.2, -0.15) is 0 Å². The number of carbonyl (C=O) groups is 1. The molecule has 0 N–H and O–H groups in total. The normalized spacial score (nSPS) is 16.0. The summed E-state index contributed by atoms with van der Waals surface area (Å²) in [6.07, 6.45) is 0.826. The molecule has 2 aromatic rings. The first-order valence-electron chi connectivity index (χ1n) is 7.58. The Morgan fingerprint density at radius 1 is 1.24 bits per heavy atom. The van der Waals surface area contributed by atoms with Crippen LogP contribution in [0.5, 0.6) is 0 Å². The van der Waals surface area contributed by atoms with E-state index in [4.69, 9.17) is 11.6 Å². The topological polar surface area (TPSA) is 75.8 Å². The number of non-ortho nitro benzene ring substituents is 1. The molecule has 128 valence electrons. The second-order valence-electron chi connectivity index (χ2n) is 5.31. The average Bonchev–Trinajstić information content (AvgIpc) is 2.63. The van der Waals surface area contributed by atoms with E-state index in [0.717, 1.165) is 12.2 Å². The molecule has 3 rings (SSSR count). The Morgan fingerprint density at radius 3 is 2.80 bits per heavy atom. The van der Waals surface area contributed by atoms with Crippen molar-refractivity contribution in [3.8, 4) is 0 Å². The van der Waals surface area contributed by atoms with Gasteiger partial charge in [-0.25, -0.2) is 4.99 Å². The fourth-order valence-electron chi connectivity index (χ4n) is 2.39. The monoisotopic (exact) mass is 375 g/mol. The fraction of sp³-hybridized carbons (Fsp3) is 0.176. The number of nitrogens with zero attached hydrogens (tertiary/aromatic N) is 3. The van der Waals surface area contributed by atoms with Gasteiger partial charge in [0.2, 0.25) is 0 Å². The van der Waals surface area contributed by atoms with Crippen molar-refractivity contribution in [2.75, 3.05) is 12.3 Å². The molecule has 0 aromatic heterocycles. The molecule has 0 atom stereocenters. The van der Waals surface area contributed by atoms with Gasteiger partial charge in [0.05, 0.1) is 15.6 Å². The Bertz CT molecular complexity index is 857. The van der Waals surface area contributed by atoms with Crippen molar-refractivity contribution in [2.45, 2.75) is 6.42 Å². The summed E-state index contributed by atoms with van der Waals surface area (Å²) >= 11 is 7.62. The molecule has 0 spiro atoms. The first kappa shape index (κ1) is 17.4. The fourth-order valence-corrected chi connectivity index (χ4v) is 3.52. The van der Waals surface area contributed by atoms with E-state index in [1.54, 1.807) is 23.1 Å². The van der Waals surface area contributed by atoms with Gasteiger partial charge in [-0.15, -0.1) is 0 Å². The standard InChI is InChI=1S/C17H14ClN3O3S/c18-14-7-1-2-8-15(14)19-17-20(9-4-10-25-17)16(22)12-5-3-6-13(11-12)21(23)24/h1-3,5-8,11H,4,9-10H2. The van der Waals surface area contributed by atoms with Crippen molar-refractivity contribution in [3.63, 3.8) is 0 Å². The smallest absolute Gasteiger partial charge is 0.270 e. The minimum atomic E-state index is -0.513.